The standard InChI is InChI=1S/C9H15NS2/c1-4-8-5-10-9(12-8)6-11-7(2)3/h5,7H,4,6H2,1-3H3. The second-order valence-electron chi connectivity index (χ2n) is 2.93. The van der Waals surface area contributed by atoms with Gasteiger partial charge in [-0.2, -0.15) is 11.8 Å². The van der Waals surface area contributed by atoms with Gasteiger partial charge in [-0.25, -0.2) is 4.98 Å². The van der Waals surface area contributed by atoms with E-state index in [0.717, 1.165) is 12.2 Å². The molecule has 0 fully saturated rings. The summed E-state index contributed by atoms with van der Waals surface area (Å²) in [5.74, 6) is 1.07. The summed E-state index contributed by atoms with van der Waals surface area (Å²) in [6.07, 6.45) is 3.12. The molecule has 12 heavy (non-hydrogen) atoms. The van der Waals surface area contributed by atoms with Crippen LogP contribution in [0.15, 0.2) is 6.20 Å². The van der Waals surface area contributed by atoms with Gasteiger partial charge < -0.3 is 0 Å². The zero-order chi connectivity index (χ0) is 8.97. The SMILES string of the molecule is CCc1cnc(CSC(C)C)s1. The number of nitrogens with zero attached hydrogens (tertiary/aromatic N) is 1. The third kappa shape index (κ3) is 3.15. The Morgan fingerprint density at radius 3 is 2.83 bits per heavy atom. The summed E-state index contributed by atoms with van der Waals surface area (Å²) in [5.41, 5.74) is 0. The summed E-state index contributed by atoms with van der Waals surface area (Å²) >= 11 is 3.80. The Morgan fingerprint density at radius 2 is 2.33 bits per heavy atom. The van der Waals surface area contributed by atoms with Crippen LogP contribution in [-0.4, -0.2) is 10.2 Å². The van der Waals surface area contributed by atoms with Crippen molar-refractivity contribution in [1.29, 1.82) is 0 Å². The number of thiazole rings is 1. The molecule has 0 aliphatic heterocycles. The van der Waals surface area contributed by atoms with E-state index in [1.165, 1.54) is 9.88 Å². The average molecular weight is 201 g/mol. The molecule has 0 saturated heterocycles. The van der Waals surface area contributed by atoms with Gasteiger partial charge in [-0.1, -0.05) is 20.8 Å². The molecule has 3 heteroatoms. The first kappa shape index (κ1) is 10.1. The fourth-order valence-corrected chi connectivity index (χ4v) is 2.46. The Labute approximate surface area is 82.6 Å². The van der Waals surface area contributed by atoms with Gasteiger partial charge in [0.15, 0.2) is 0 Å². The molecule has 0 saturated carbocycles. The highest BCUT2D eigenvalue weighted by atomic mass is 32.2. The van der Waals surface area contributed by atoms with Gasteiger partial charge >= 0.3 is 0 Å². The second-order valence-corrected chi connectivity index (χ2v) is 5.70. The van der Waals surface area contributed by atoms with E-state index in [-0.39, 0.29) is 0 Å². The zero-order valence-corrected chi connectivity index (χ0v) is 9.47. The predicted molar refractivity (Wildman–Crippen MR) is 57.9 cm³/mol. The van der Waals surface area contributed by atoms with Crippen LogP contribution < -0.4 is 0 Å². The van der Waals surface area contributed by atoms with E-state index < -0.39 is 0 Å². The van der Waals surface area contributed by atoms with Crippen molar-refractivity contribution < 1.29 is 0 Å². The van der Waals surface area contributed by atoms with Crippen molar-refractivity contribution in [1.82, 2.24) is 4.98 Å². The van der Waals surface area contributed by atoms with Crippen molar-refractivity contribution in [2.75, 3.05) is 0 Å². The van der Waals surface area contributed by atoms with E-state index >= 15 is 0 Å². The predicted octanol–water partition coefficient (Wildman–Crippen LogP) is 3.35. The van der Waals surface area contributed by atoms with Crippen LogP contribution in [0.5, 0.6) is 0 Å². The molecule has 0 aromatic carbocycles. The van der Waals surface area contributed by atoms with E-state index in [1.54, 1.807) is 0 Å². The van der Waals surface area contributed by atoms with Crippen LogP contribution in [0.1, 0.15) is 30.7 Å². The first-order chi connectivity index (χ1) is 5.72. The van der Waals surface area contributed by atoms with Crippen molar-refractivity contribution >= 4 is 23.1 Å². The highest BCUT2D eigenvalue weighted by molar-refractivity contribution is 7.99. The molecule has 0 radical (unpaired) electrons. The summed E-state index contributed by atoms with van der Waals surface area (Å²) in [7, 11) is 0. The van der Waals surface area contributed by atoms with Gasteiger partial charge in [0, 0.05) is 16.8 Å². The molecule has 0 bridgehead atoms. The number of hydrogen-bond donors (Lipinski definition) is 0. The number of hydrogen-bond acceptors (Lipinski definition) is 3. The molecule has 0 aliphatic rings. The van der Waals surface area contributed by atoms with Crippen molar-refractivity contribution in [2.24, 2.45) is 0 Å². The highest BCUT2D eigenvalue weighted by Crippen LogP contribution is 2.21. The number of aromatic nitrogens is 1. The molecule has 1 aromatic rings. The lowest BCUT2D eigenvalue weighted by molar-refractivity contribution is 1.10. The molecule has 1 heterocycles. The van der Waals surface area contributed by atoms with E-state index in [4.69, 9.17) is 0 Å². The van der Waals surface area contributed by atoms with Gasteiger partial charge in [0.05, 0.1) is 0 Å². The van der Waals surface area contributed by atoms with Crippen LogP contribution in [0.3, 0.4) is 0 Å². The fourth-order valence-electron chi connectivity index (χ4n) is 0.816. The molecular weight excluding hydrogens is 186 g/mol. The Morgan fingerprint density at radius 1 is 1.58 bits per heavy atom. The van der Waals surface area contributed by atoms with Crippen molar-refractivity contribution in [3.8, 4) is 0 Å². The van der Waals surface area contributed by atoms with Gasteiger partial charge in [0.25, 0.3) is 0 Å². The van der Waals surface area contributed by atoms with E-state index in [2.05, 4.69) is 25.8 Å². The summed E-state index contributed by atoms with van der Waals surface area (Å²) in [6, 6.07) is 0. The molecule has 0 amide bonds. The summed E-state index contributed by atoms with van der Waals surface area (Å²) in [5, 5.41) is 1.98. The summed E-state index contributed by atoms with van der Waals surface area (Å²) in [4.78, 5) is 5.75. The van der Waals surface area contributed by atoms with Crippen LogP contribution in [0.2, 0.25) is 0 Å². The number of thioether (sulfide) groups is 1. The minimum absolute atomic E-state index is 0.707. The molecule has 1 nitrogen and oxygen atoms in total. The molecule has 1 aromatic heterocycles. The van der Waals surface area contributed by atoms with Crippen LogP contribution >= 0.6 is 23.1 Å². The molecule has 0 N–H and O–H groups in total. The average Bonchev–Trinajstić information content (AvgIpc) is 2.48. The minimum Gasteiger partial charge on any atom is -0.249 e. The first-order valence-electron chi connectivity index (χ1n) is 4.27. The molecule has 0 spiro atoms. The van der Waals surface area contributed by atoms with Gasteiger partial charge in [-0.15, -0.1) is 11.3 Å². The first-order valence-corrected chi connectivity index (χ1v) is 6.14. The van der Waals surface area contributed by atoms with Crippen LogP contribution in [0.25, 0.3) is 0 Å². The van der Waals surface area contributed by atoms with Gasteiger partial charge in [-0.3, -0.25) is 0 Å². The molecule has 0 aliphatic carbocycles. The Balaban J connectivity index is 2.41. The Kier molecular flexibility index (Phi) is 4.09. The maximum Gasteiger partial charge on any atom is 0.103 e. The quantitative estimate of drug-likeness (QED) is 0.741. The van der Waals surface area contributed by atoms with Crippen LogP contribution in [-0.2, 0) is 12.2 Å². The molecule has 0 unspecified atom stereocenters. The third-order valence-electron chi connectivity index (χ3n) is 1.49. The van der Waals surface area contributed by atoms with Gasteiger partial charge in [0.2, 0.25) is 0 Å². The molecule has 1 rings (SSSR count). The minimum atomic E-state index is 0.707. The van der Waals surface area contributed by atoms with E-state index in [0.29, 0.717) is 5.25 Å². The second kappa shape index (κ2) is 4.87. The molecular formula is C9H15NS2. The maximum absolute atomic E-state index is 4.36. The monoisotopic (exact) mass is 201 g/mol. The third-order valence-corrected chi connectivity index (χ3v) is 3.92. The zero-order valence-electron chi connectivity index (χ0n) is 7.83. The smallest absolute Gasteiger partial charge is 0.103 e. The fraction of sp³-hybridized carbons (Fsp3) is 0.667. The van der Waals surface area contributed by atoms with Gasteiger partial charge in [-0.05, 0) is 11.7 Å². The van der Waals surface area contributed by atoms with Crippen LogP contribution in [0, 0.1) is 0 Å². The number of rotatable bonds is 4. The topological polar surface area (TPSA) is 12.9 Å². The van der Waals surface area contributed by atoms with E-state index in [1.807, 2.05) is 29.3 Å². The molecule has 0 atom stereocenters. The largest absolute Gasteiger partial charge is 0.249 e. The lowest BCUT2D eigenvalue weighted by Crippen LogP contribution is -1.87. The summed E-state index contributed by atoms with van der Waals surface area (Å²) < 4.78 is 0. The van der Waals surface area contributed by atoms with Crippen molar-refractivity contribution in [3.63, 3.8) is 0 Å². The van der Waals surface area contributed by atoms with Gasteiger partial charge in [0.1, 0.15) is 5.01 Å². The molecule has 68 valence electrons. The lowest BCUT2D eigenvalue weighted by atomic mass is 10.4. The number of aryl methyl sites for hydroxylation is 1. The van der Waals surface area contributed by atoms with Crippen molar-refractivity contribution in [2.45, 2.75) is 38.2 Å². The van der Waals surface area contributed by atoms with Crippen molar-refractivity contribution in [3.05, 3.63) is 16.1 Å². The summed E-state index contributed by atoms with van der Waals surface area (Å²) in [6.45, 7) is 6.62. The van der Waals surface area contributed by atoms with E-state index in [9.17, 15) is 0 Å². The van der Waals surface area contributed by atoms with Crippen LogP contribution in [0.4, 0.5) is 0 Å². The lowest BCUT2D eigenvalue weighted by Gasteiger charge is -2.00. The Bertz CT molecular complexity index is 230. The Hall–Kier alpha value is -0.0200. The highest BCUT2D eigenvalue weighted by Gasteiger charge is 2.01. The normalized spacial score (nSPS) is 11.0. The maximum atomic E-state index is 4.36.